The molecule has 1 saturated heterocycles. The smallest absolute Gasteiger partial charge is 0.255 e. The summed E-state index contributed by atoms with van der Waals surface area (Å²) in [6.45, 7) is 5.05. The van der Waals surface area contributed by atoms with Gasteiger partial charge in [0.2, 0.25) is 10.0 Å². The van der Waals surface area contributed by atoms with E-state index < -0.39 is 22.0 Å². The highest BCUT2D eigenvalue weighted by atomic mass is 32.2. The average Bonchev–Trinajstić information content (AvgIpc) is 2.78. The van der Waals surface area contributed by atoms with Crippen molar-refractivity contribution in [1.82, 2.24) is 9.62 Å². The van der Waals surface area contributed by atoms with Crippen LogP contribution < -0.4 is 10.1 Å². The molecular formula is C22H27FN2O5S. The fourth-order valence-corrected chi connectivity index (χ4v) is 4.92. The summed E-state index contributed by atoms with van der Waals surface area (Å²) in [7, 11) is -2.35. The van der Waals surface area contributed by atoms with E-state index in [9.17, 15) is 17.6 Å². The van der Waals surface area contributed by atoms with Gasteiger partial charge in [-0.2, -0.15) is 4.31 Å². The molecule has 2 aromatic carbocycles. The van der Waals surface area contributed by atoms with Gasteiger partial charge in [-0.15, -0.1) is 0 Å². The van der Waals surface area contributed by atoms with Crippen molar-refractivity contribution < 1.29 is 27.1 Å². The molecule has 1 fully saturated rings. The Morgan fingerprint density at radius 2 is 1.77 bits per heavy atom. The summed E-state index contributed by atoms with van der Waals surface area (Å²) >= 11 is 0. The van der Waals surface area contributed by atoms with Crippen LogP contribution in [0.1, 0.15) is 35.8 Å². The van der Waals surface area contributed by atoms with E-state index in [1.54, 1.807) is 12.1 Å². The van der Waals surface area contributed by atoms with Crippen LogP contribution in [0, 0.1) is 11.7 Å². The van der Waals surface area contributed by atoms with Gasteiger partial charge < -0.3 is 14.8 Å². The molecule has 7 nitrogen and oxygen atoms in total. The summed E-state index contributed by atoms with van der Waals surface area (Å²) in [5.41, 5.74) is 0.866. The summed E-state index contributed by atoms with van der Waals surface area (Å²) in [6.07, 6.45) is 0. The Bertz CT molecular complexity index is 1020. The Balaban J connectivity index is 1.92. The lowest BCUT2D eigenvalue weighted by Crippen LogP contribution is -2.40. The third-order valence-electron chi connectivity index (χ3n) is 5.21. The molecule has 1 aliphatic heterocycles. The van der Waals surface area contributed by atoms with Crippen molar-refractivity contribution in [1.29, 1.82) is 0 Å². The van der Waals surface area contributed by atoms with Crippen molar-refractivity contribution in [3.63, 3.8) is 0 Å². The predicted octanol–water partition coefficient (Wildman–Crippen LogP) is 2.98. The molecule has 1 unspecified atom stereocenters. The monoisotopic (exact) mass is 450 g/mol. The molecule has 3 rings (SSSR count). The highest BCUT2D eigenvalue weighted by Crippen LogP contribution is 2.27. The molecule has 1 amide bonds. The molecule has 0 saturated carbocycles. The summed E-state index contributed by atoms with van der Waals surface area (Å²) < 4.78 is 51.2. The van der Waals surface area contributed by atoms with E-state index >= 15 is 0 Å². The minimum absolute atomic E-state index is 0.0145. The second-order valence-electron chi connectivity index (χ2n) is 7.63. The van der Waals surface area contributed by atoms with Crippen molar-refractivity contribution in [3.05, 3.63) is 59.4 Å². The molecule has 1 atom stereocenters. The third kappa shape index (κ3) is 5.23. The maximum absolute atomic E-state index is 13.3. The largest absolute Gasteiger partial charge is 0.496 e. The van der Waals surface area contributed by atoms with E-state index in [1.165, 1.54) is 41.7 Å². The lowest BCUT2D eigenvalue weighted by Gasteiger charge is -2.26. The van der Waals surface area contributed by atoms with Crippen molar-refractivity contribution in [2.45, 2.75) is 24.8 Å². The van der Waals surface area contributed by atoms with E-state index in [4.69, 9.17) is 9.47 Å². The standard InChI is InChI=1S/C22H27FN2O5S/c1-15(2)21(16-4-6-17(23)7-5-16)24-22(26)19-14-18(8-9-20(19)29-3)31(27,28)25-10-12-30-13-11-25/h4-9,14-15,21H,10-13H2,1-3H3,(H,24,26). The molecule has 168 valence electrons. The van der Waals surface area contributed by atoms with Gasteiger partial charge in [-0.3, -0.25) is 4.79 Å². The predicted molar refractivity (Wildman–Crippen MR) is 114 cm³/mol. The van der Waals surface area contributed by atoms with E-state index in [-0.39, 0.29) is 41.0 Å². The van der Waals surface area contributed by atoms with E-state index in [2.05, 4.69) is 5.32 Å². The number of ether oxygens (including phenoxy) is 2. The quantitative estimate of drug-likeness (QED) is 0.701. The first-order valence-corrected chi connectivity index (χ1v) is 11.5. The summed E-state index contributed by atoms with van der Waals surface area (Å²) in [4.78, 5) is 13.2. The van der Waals surface area contributed by atoms with E-state index in [0.717, 1.165) is 5.56 Å². The van der Waals surface area contributed by atoms with Crippen LogP contribution >= 0.6 is 0 Å². The Kier molecular flexibility index (Phi) is 7.30. The first-order valence-electron chi connectivity index (χ1n) is 10.1. The summed E-state index contributed by atoms with van der Waals surface area (Å²) in [5.74, 6) is -0.556. The first-order chi connectivity index (χ1) is 14.7. The van der Waals surface area contributed by atoms with E-state index in [0.29, 0.717) is 13.2 Å². The van der Waals surface area contributed by atoms with Gasteiger partial charge in [0.15, 0.2) is 0 Å². The lowest BCUT2D eigenvalue weighted by molar-refractivity contribution is 0.0730. The molecular weight excluding hydrogens is 423 g/mol. The Morgan fingerprint density at radius 3 is 2.35 bits per heavy atom. The Morgan fingerprint density at radius 1 is 1.13 bits per heavy atom. The van der Waals surface area contributed by atoms with Crippen molar-refractivity contribution >= 4 is 15.9 Å². The number of rotatable bonds is 7. The molecule has 1 aliphatic rings. The molecule has 1 N–H and O–H groups in total. The molecule has 9 heteroatoms. The van der Waals surface area contributed by atoms with E-state index in [1.807, 2.05) is 13.8 Å². The Hall–Kier alpha value is -2.49. The van der Waals surface area contributed by atoms with Gasteiger partial charge in [0, 0.05) is 13.1 Å². The maximum atomic E-state index is 13.3. The fourth-order valence-electron chi connectivity index (χ4n) is 3.49. The molecule has 1 heterocycles. The molecule has 0 radical (unpaired) electrons. The van der Waals surface area contributed by atoms with Crippen LogP contribution in [-0.4, -0.2) is 52.0 Å². The van der Waals surface area contributed by atoms with Crippen LogP contribution in [0.2, 0.25) is 0 Å². The Labute approximate surface area is 182 Å². The SMILES string of the molecule is COc1ccc(S(=O)(=O)N2CCOCC2)cc1C(=O)NC(c1ccc(F)cc1)C(C)C. The number of carbonyl (C=O) groups excluding carboxylic acids is 1. The van der Waals surface area contributed by atoms with Gasteiger partial charge >= 0.3 is 0 Å². The van der Waals surface area contributed by atoms with Gasteiger partial charge in [-0.05, 0) is 41.8 Å². The average molecular weight is 451 g/mol. The van der Waals surface area contributed by atoms with Gasteiger partial charge in [-0.25, -0.2) is 12.8 Å². The first kappa shape index (κ1) is 23.2. The second kappa shape index (κ2) is 9.76. The number of benzene rings is 2. The second-order valence-corrected chi connectivity index (χ2v) is 9.56. The van der Waals surface area contributed by atoms with Crippen molar-refractivity contribution in [3.8, 4) is 5.75 Å². The van der Waals surface area contributed by atoms with Crippen LogP contribution in [0.4, 0.5) is 4.39 Å². The minimum atomic E-state index is -3.77. The number of methoxy groups -OCH3 is 1. The summed E-state index contributed by atoms with van der Waals surface area (Å²) in [5, 5.41) is 2.93. The van der Waals surface area contributed by atoms with Crippen LogP contribution in [0.25, 0.3) is 0 Å². The fraction of sp³-hybridized carbons (Fsp3) is 0.409. The van der Waals surface area contributed by atoms with Gasteiger partial charge in [0.1, 0.15) is 11.6 Å². The van der Waals surface area contributed by atoms with Gasteiger partial charge in [0.05, 0.1) is 36.8 Å². The molecule has 0 spiro atoms. The molecule has 0 aromatic heterocycles. The molecule has 0 bridgehead atoms. The number of halogens is 1. The third-order valence-corrected chi connectivity index (χ3v) is 7.10. The number of hydrogen-bond acceptors (Lipinski definition) is 5. The van der Waals surface area contributed by atoms with Crippen molar-refractivity contribution in [2.75, 3.05) is 33.4 Å². The topological polar surface area (TPSA) is 84.9 Å². The van der Waals surface area contributed by atoms with Crippen LogP contribution in [0.5, 0.6) is 5.75 Å². The van der Waals surface area contributed by atoms with Crippen molar-refractivity contribution in [2.24, 2.45) is 5.92 Å². The molecule has 2 aromatic rings. The van der Waals surface area contributed by atoms with Gasteiger partial charge in [0.25, 0.3) is 5.91 Å². The number of morpholine rings is 1. The van der Waals surface area contributed by atoms with Gasteiger partial charge in [-0.1, -0.05) is 26.0 Å². The number of amides is 1. The minimum Gasteiger partial charge on any atom is -0.496 e. The highest BCUT2D eigenvalue weighted by molar-refractivity contribution is 7.89. The lowest BCUT2D eigenvalue weighted by atomic mass is 9.95. The zero-order chi connectivity index (χ0) is 22.6. The zero-order valence-electron chi connectivity index (χ0n) is 17.8. The van der Waals surface area contributed by atoms with Crippen LogP contribution in [-0.2, 0) is 14.8 Å². The van der Waals surface area contributed by atoms with Crippen LogP contribution in [0.15, 0.2) is 47.4 Å². The van der Waals surface area contributed by atoms with Crippen LogP contribution in [0.3, 0.4) is 0 Å². The molecule has 31 heavy (non-hydrogen) atoms. The summed E-state index contributed by atoms with van der Waals surface area (Å²) in [6, 6.07) is 9.77. The highest BCUT2D eigenvalue weighted by Gasteiger charge is 2.29. The number of nitrogens with zero attached hydrogens (tertiary/aromatic N) is 1. The number of sulfonamides is 1. The number of hydrogen-bond donors (Lipinski definition) is 1. The molecule has 0 aliphatic carbocycles. The zero-order valence-corrected chi connectivity index (χ0v) is 18.6. The number of nitrogens with one attached hydrogen (secondary N) is 1. The maximum Gasteiger partial charge on any atom is 0.255 e. The normalized spacial score (nSPS) is 16.2. The number of carbonyl (C=O) groups is 1.